The number of aliphatic hydroxyl groups excluding tert-OH is 1. The molecule has 0 aromatic rings. The number of nitrogens with one attached hydrogen (secondary N) is 1. The minimum absolute atomic E-state index is 0.110. The summed E-state index contributed by atoms with van der Waals surface area (Å²) in [4.78, 5) is 14.4. The van der Waals surface area contributed by atoms with Gasteiger partial charge in [0.05, 0.1) is 12.7 Å². The second-order valence-corrected chi connectivity index (χ2v) is 8.08. The molecule has 2 aliphatic carbocycles. The van der Waals surface area contributed by atoms with Crippen molar-refractivity contribution in [2.75, 3.05) is 26.2 Å². The summed E-state index contributed by atoms with van der Waals surface area (Å²) in [5, 5.41) is 13.1. The van der Waals surface area contributed by atoms with Crippen molar-refractivity contribution >= 4 is 5.91 Å². The van der Waals surface area contributed by atoms with Crippen molar-refractivity contribution in [2.45, 2.75) is 76.5 Å². The van der Waals surface area contributed by atoms with Gasteiger partial charge in [0.2, 0.25) is 5.91 Å². The van der Waals surface area contributed by atoms with Crippen molar-refractivity contribution in [3.8, 4) is 0 Å². The van der Waals surface area contributed by atoms with Gasteiger partial charge in [0.15, 0.2) is 0 Å². The molecular weight excluding hydrogens is 304 g/mol. The number of nitrogens with zero attached hydrogens (tertiary/aromatic N) is 1. The Kier molecular flexibility index (Phi) is 6.53. The molecule has 1 saturated heterocycles. The largest absolute Gasteiger partial charge is 0.383 e. The van der Waals surface area contributed by atoms with Crippen LogP contribution in [0.2, 0.25) is 0 Å². The summed E-state index contributed by atoms with van der Waals surface area (Å²) in [5.41, 5.74) is 0. The van der Waals surface area contributed by atoms with E-state index in [4.69, 9.17) is 4.74 Å². The number of amides is 1. The van der Waals surface area contributed by atoms with Crippen LogP contribution in [-0.2, 0) is 9.53 Å². The first kappa shape index (κ1) is 18.2. The molecule has 3 aliphatic rings. The molecule has 0 spiro atoms. The number of aliphatic hydroxyl groups is 1. The highest BCUT2D eigenvalue weighted by Crippen LogP contribution is 2.27. The Morgan fingerprint density at radius 3 is 2.54 bits per heavy atom. The van der Waals surface area contributed by atoms with Gasteiger partial charge >= 0.3 is 0 Å². The van der Waals surface area contributed by atoms with Gasteiger partial charge in [-0.3, -0.25) is 4.79 Å². The Hall–Kier alpha value is -0.650. The van der Waals surface area contributed by atoms with Crippen LogP contribution in [0, 0.1) is 11.8 Å². The Bertz CT molecular complexity index is 405. The van der Waals surface area contributed by atoms with E-state index in [0.717, 1.165) is 51.9 Å². The molecule has 1 amide bonds. The first-order valence-electron chi connectivity index (χ1n) is 9.96. The van der Waals surface area contributed by atoms with E-state index >= 15 is 0 Å². The van der Waals surface area contributed by atoms with Crippen LogP contribution in [-0.4, -0.2) is 60.4 Å². The Morgan fingerprint density at radius 2 is 1.88 bits per heavy atom. The number of rotatable bonds is 7. The summed E-state index contributed by atoms with van der Waals surface area (Å²) in [6.45, 7) is 6.01. The van der Waals surface area contributed by atoms with Gasteiger partial charge in [-0.2, -0.15) is 0 Å². The van der Waals surface area contributed by atoms with Crippen molar-refractivity contribution < 1.29 is 14.6 Å². The van der Waals surface area contributed by atoms with E-state index < -0.39 is 6.10 Å². The predicted molar refractivity (Wildman–Crippen MR) is 93.7 cm³/mol. The number of hydrogen-bond acceptors (Lipinski definition) is 4. The number of carbonyl (C=O) groups excluding carboxylic acids is 1. The smallest absolute Gasteiger partial charge is 0.249 e. The van der Waals surface area contributed by atoms with Crippen molar-refractivity contribution in [1.29, 1.82) is 0 Å². The van der Waals surface area contributed by atoms with E-state index in [1.54, 1.807) is 0 Å². The van der Waals surface area contributed by atoms with Crippen LogP contribution in [0.3, 0.4) is 0 Å². The SMILES string of the molecule is C[C@@H]1CCCC[C@@H]1OCCN1CCC([C@H](O)C(=O)NC2CC2)CC1. The zero-order valence-corrected chi connectivity index (χ0v) is 15.1. The topological polar surface area (TPSA) is 61.8 Å². The molecule has 24 heavy (non-hydrogen) atoms. The van der Waals surface area contributed by atoms with Gasteiger partial charge in [0.25, 0.3) is 0 Å². The highest BCUT2D eigenvalue weighted by molar-refractivity contribution is 5.81. The van der Waals surface area contributed by atoms with Crippen LogP contribution < -0.4 is 5.32 Å². The number of ether oxygens (including phenoxy) is 1. The fourth-order valence-corrected chi connectivity index (χ4v) is 4.08. The lowest BCUT2D eigenvalue weighted by atomic mass is 9.88. The first-order valence-corrected chi connectivity index (χ1v) is 9.96. The lowest BCUT2D eigenvalue weighted by molar-refractivity contribution is -0.133. The van der Waals surface area contributed by atoms with Crippen LogP contribution in [0.25, 0.3) is 0 Å². The van der Waals surface area contributed by atoms with Gasteiger partial charge in [-0.05, 0) is 63.5 Å². The van der Waals surface area contributed by atoms with Crippen molar-refractivity contribution in [3.05, 3.63) is 0 Å². The molecule has 0 unspecified atom stereocenters. The highest BCUT2D eigenvalue weighted by atomic mass is 16.5. The molecule has 3 fully saturated rings. The molecule has 5 nitrogen and oxygen atoms in total. The average Bonchev–Trinajstić information content (AvgIpc) is 3.40. The molecule has 2 N–H and O–H groups in total. The van der Waals surface area contributed by atoms with Gasteiger partial charge in [-0.15, -0.1) is 0 Å². The monoisotopic (exact) mass is 338 g/mol. The summed E-state index contributed by atoms with van der Waals surface area (Å²) in [6.07, 6.45) is 8.73. The summed E-state index contributed by atoms with van der Waals surface area (Å²) >= 11 is 0. The second-order valence-electron chi connectivity index (χ2n) is 8.08. The molecule has 0 aromatic carbocycles. The zero-order valence-electron chi connectivity index (χ0n) is 15.1. The zero-order chi connectivity index (χ0) is 16.9. The van der Waals surface area contributed by atoms with E-state index in [2.05, 4.69) is 17.1 Å². The van der Waals surface area contributed by atoms with Crippen molar-refractivity contribution in [2.24, 2.45) is 11.8 Å². The van der Waals surface area contributed by atoms with E-state index in [-0.39, 0.29) is 11.8 Å². The standard InChI is InChI=1S/C19H34N2O3/c1-14-4-2-3-5-17(14)24-13-12-21-10-8-15(9-11-21)18(22)19(23)20-16-6-7-16/h14-18,22H,2-13H2,1H3,(H,20,23)/t14-,17+,18+/m1/s1. The number of carbonyl (C=O) groups is 1. The van der Waals surface area contributed by atoms with E-state index in [9.17, 15) is 9.90 Å². The maximum Gasteiger partial charge on any atom is 0.249 e. The number of likely N-dealkylation sites (tertiary alicyclic amines) is 1. The van der Waals surface area contributed by atoms with Gasteiger partial charge < -0.3 is 20.1 Å². The Labute approximate surface area is 146 Å². The highest BCUT2D eigenvalue weighted by Gasteiger charge is 2.33. The Balaban J connectivity index is 1.30. The summed E-state index contributed by atoms with van der Waals surface area (Å²) in [7, 11) is 0. The van der Waals surface area contributed by atoms with Crippen LogP contribution in [0.5, 0.6) is 0 Å². The van der Waals surface area contributed by atoms with Crippen LogP contribution in [0.15, 0.2) is 0 Å². The molecule has 0 radical (unpaired) electrons. The van der Waals surface area contributed by atoms with E-state index in [1.807, 2.05) is 0 Å². The molecule has 1 aliphatic heterocycles. The van der Waals surface area contributed by atoms with Gasteiger partial charge in [0, 0.05) is 12.6 Å². The molecule has 3 rings (SSSR count). The van der Waals surface area contributed by atoms with Crippen LogP contribution in [0.1, 0.15) is 58.3 Å². The van der Waals surface area contributed by atoms with Crippen LogP contribution >= 0.6 is 0 Å². The summed E-state index contributed by atoms with van der Waals surface area (Å²) in [5.74, 6) is 0.648. The third-order valence-electron chi connectivity index (χ3n) is 6.04. The molecule has 0 aromatic heterocycles. The van der Waals surface area contributed by atoms with Gasteiger partial charge in [-0.1, -0.05) is 19.8 Å². The fourth-order valence-electron chi connectivity index (χ4n) is 4.08. The quantitative estimate of drug-likeness (QED) is 0.745. The Morgan fingerprint density at radius 1 is 1.17 bits per heavy atom. The maximum absolute atomic E-state index is 12.0. The molecule has 5 heteroatoms. The second kappa shape index (κ2) is 8.63. The predicted octanol–water partition coefficient (Wildman–Crippen LogP) is 1.93. The van der Waals surface area contributed by atoms with Gasteiger partial charge in [0.1, 0.15) is 6.10 Å². The molecule has 3 atom stereocenters. The van der Waals surface area contributed by atoms with E-state index in [0.29, 0.717) is 18.1 Å². The third kappa shape index (κ3) is 5.17. The average molecular weight is 338 g/mol. The number of hydrogen-bond donors (Lipinski definition) is 2. The van der Waals surface area contributed by atoms with Crippen LogP contribution in [0.4, 0.5) is 0 Å². The van der Waals surface area contributed by atoms with E-state index in [1.165, 1.54) is 25.7 Å². The minimum Gasteiger partial charge on any atom is -0.383 e. The molecular formula is C19H34N2O3. The third-order valence-corrected chi connectivity index (χ3v) is 6.04. The van der Waals surface area contributed by atoms with Crippen molar-refractivity contribution in [3.63, 3.8) is 0 Å². The minimum atomic E-state index is -0.827. The lowest BCUT2D eigenvalue weighted by Crippen LogP contribution is -2.45. The lowest BCUT2D eigenvalue weighted by Gasteiger charge is -2.34. The van der Waals surface area contributed by atoms with Crippen molar-refractivity contribution in [1.82, 2.24) is 10.2 Å². The summed E-state index contributed by atoms with van der Waals surface area (Å²) in [6, 6.07) is 0.326. The number of piperidine rings is 1. The molecule has 2 saturated carbocycles. The normalized spacial score (nSPS) is 30.9. The van der Waals surface area contributed by atoms with Gasteiger partial charge in [-0.25, -0.2) is 0 Å². The molecule has 0 bridgehead atoms. The fraction of sp³-hybridized carbons (Fsp3) is 0.947. The molecule has 138 valence electrons. The summed E-state index contributed by atoms with van der Waals surface area (Å²) < 4.78 is 6.11. The molecule has 1 heterocycles. The maximum atomic E-state index is 12.0. The first-order chi connectivity index (χ1) is 11.6.